The zero-order valence-electron chi connectivity index (χ0n) is 15.8. The van der Waals surface area contributed by atoms with E-state index in [9.17, 15) is 9.59 Å². The third-order valence-corrected chi connectivity index (χ3v) is 4.09. The fourth-order valence-electron chi connectivity index (χ4n) is 2.64. The average Bonchev–Trinajstić information content (AvgIpc) is 3.24. The maximum atomic E-state index is 13.0. The van der Waals surface area contributed by atoms with E-state index in [1.165, 1.54) is 6.26 Å². The van der Waals surface area contributed by atoms with Crippen molar-refractivity contribution in [2.45, 2.75) is 20.0 Å². The zero-order valence-corrected chi connectivity index (χ0v) is 15.8. The molecular weight excluding hydrogens is 356 g/mol. The highest BCUT2D eigenvalue weighted by Crippen LogP contribution is 2.17. The van der Waals surface area contributed by atoms with Gasteiger partial charge in [0.2, 0.25) is 5.78 Å². The van der Waals surface area contributed by atoms with E-state index < -0.39 is 12.1 Å². The van der Waals surface area contributed by atoms with Gasteiger partial charge in [-0.1, -0.05) is 29.8 Å². The largest absolute Gasteiger partial charge is 0.494 e. The van der Waals surface area contributed by atoms with E-state index in [1.807, 2.05) is 26.0 Å². The van der Waals surface area contributed by atoms with Gasteiger partial charge >= 0.3 is 0 Å². The number of amides is 1. The van der Waals surface area contributed by atoms with Crippen LogP contribution in [0.3, 0.4) is 0 Å². The number of ether oxygens (including phenoxy) is 1. The van der Waals surface area contributed by atoms with Crippen LogP contribution in [0.4, 0.5) is 5.69 Å². The van der Waals surface area contributed by atoms with Gasteiger partial charge in [-0.15, -0.1) is 0 Å². The van der Waals surface area contributed by atoms with Crippen LogP contribution in [-0.2, 0) is 0 Å². The number of Topliss-reactive ketones (excluding diaryl/α,β-unsaturated/α-hetero) is 1. The van der Waals surface area contributed by atoms with Crippen LogP contribution < -0.4 is 15.4 Å². The minimum Gasteiger partial charge on any atom is -0.494 e. The third kappa shape index (κ3) is 4.79. The Morgan fingerprint density at radius 2 is 1.75 bits per heavy atom. The van der Waals surface area contributed by atoms with Crippen molar-refractivity contribution in [2.75, 3.05) is 11.9 Å². The number of carbonyl (C=O) groups is 2. The molecule has 0 aliphatic carbocycles. The number of benzene rings is 2. The van der Waals surface area contributed by atoms with Crippen molar-refractivity contribution in [1.29, 1.82) is 0 Å². The molecule has 2 N–H and O–H groups in total. The second kappa shape index (κ2) is 8.90. The third-order valence-electron chi connectivity index (χ3n) is 4.09. The molecule has 0 saturated carbocycles. The Balaban J connectivity index is 1.81. The number of rotatable bonds is 8. The monoisotopic (exact) mass is 378 g/mol. The van der Waals surface area contributed by atoms with Crippen LogP contribution in [0, 0.1) is 6.92 Å². The normalized spacial score (nSPS) is 11.5. The molecule has 2 aromatic carbocycles. The molecule has 0 bridgehead atoms. The highest BCUT2D eigenvalue weighted by atomic mass is 16.5. The van der Waals surface area contributed by atoms with Crippen molar-refractivity contribution in [1.82, 2.24) is 5.32 Å². The predicted molar refractivity (Wildman–Crippen MR) is 107 cm³/mol. The Morgan fingerprint density at radius 3 is 2.36 bits per heavy atom. The van der Waals surface area contributed by atoms with Crippen LogP contribution in [0.1, 0.15) is 33.4 Å². The molecule has 28 heavy (non-hydrogen) atoms. The number of hydrogen-bond acceptors (Lipinski definition) is 5. The quantitative estimate of drug-likeness (QED) is 0.457. The summed E-state index contributed by atoms with van der Waals surface area (Å²) in [7, 11) is 0. The van der Waals surface area contributed by atoms with Gasteiger partial charge in [-0.25, -0.2) is 0 Å². The standard InChI is InChI=1S/C22H22N2O4/c1-3-27-18-12-10-17(11-13-18)23-21(24-22(26)19-5-4-14-28-19)20(25)16-8-6-15(2)7-9-16/h4-14,21,23H,3H2,1-2H3,(H,24,26)/t21-/m1/s1. The Labute approximate surface area is 163 Å². The van der Waals surface area contributed by atoms with E-state index in [2.05, 4.69) is 10.6 Å². The first-order valence-electron chi connectivity index (χ1n) is 9.01. The van der Waals surface area contributed by atoms with E-state index in [1.54, 1.807) is 48.5 Å². The fraction of sp³-hybridized carbons (Fsp3) is 0.182. The minimum atomic E-state index is -0.960. The van der Waals surface area contributed by atoms with Crippen LogP contribution >= 0.6 is 0 Å². The van der Waals surface area contributed by atoms with E-state index >= 15 is 0 Å². The molecule has 0 aliphatic heterocycles. The second-order valence-corrected chi connectivity index (χ2v) is 6.22. The van der Waals surface area contributed by atoms with Gasteiger partial charge in [0, 0.05) is 11.3 Å². The fourth-order valence-corrected chi connectivity index (χ4v) is 2.64. The Hall–Kier alpha value is -3.54. The summed E-state index contributed by atoms with van der Waals surface area (Å²) in [6.45, 7) is 4.43. The molecule has 0 unspecified atom stereocenters. The molecule has 6 nitrogen and oxygen atoms in total. The average molecular weight is 378 g/mol. The highest BCUT2D eigenvalue weighted by Gasteiger charge is 2.23. The summed E-state index contributed by atoms with van der Waals surface area (Å²) >= 11 is 0. The van der Waals surface area contributed by atoms with Gasteiger partial charge in [-0.05, 0) is 50.2 Å². The zero-order chi connectivity index (χ0) is 19.9. The van der Waals surface area contributed by atoms with Crippen LogP contribution in [0.15, 0.2) is 71.3 Å². The van der Waals surface area contributed by atoms with Gasteiger partial charge < -0.3 is 19.8 Å². The molecule has 1 atom stereocenters. The minimum absolute atomic E-state index is 0.134. The maximum Gasteiger partial charge on any atom is 0.288 e. The van der Waals surface area contributed by atoms with Crippen molar-refractivity contribution >= 4 is 17.4 Å². The topological polar surface area (TPSA) is 80.6 Å². The molecule has 3 rings (SSSR count). The van der Waals surface area contributed by atoms with Crippen LogP contribution in [0.5, 0.6) is 5.75 Å². The number of nitrogens with one attached hydrogen (secondary N) is 2. The summed E-state index contributed by atoms with van der Waals surface area (Å²) in [5.41, 5.74) is 2.22. The lowest BCUT2D eigenvalue weighted by Gasteiger charge is -2.20. The van der Waals surface area contributed by atoms with Gasteiger partial charge in [0.25, 0.3) is 5.91 Å². The first kappa shape index (κ1) is 19.2. The number of anilines is 1. The van der Waals surface area contributed by atoms with Crippen molar-refractivity contribution in [3.05, 3.63) is 83.8 Å². The van der Waals surface area contributed by atoms with Gasteiger partial charge in [-0.2, -0.15) is 0 Å². The van der Waals surface area contributed by atoms with Crippen LogP contribution in [-0.4, -0.2) is 24.5 Å². The summed E-state index contributed by atoms with van der Waals surface area (Å²) in [4.78, 5) is 25.4. The number of furan rings is 1. The van der Waals surface area contributed by atoms with E-state index in [4.69, 9.17) is 9.15 Å². The SMILES string of the molecule is CCOc1ccc(N[C@H](NC(=O)c2ccco2)C(=O)c2ccc(C)cc2)cc1. The second-order valence-electron chi connectivity index (χ2n) is 6.22. The Morgan fingerprint density at radius 1 is 1.04 bits per heavy atom. The van der Waals surface area contributed by atoms with E-state index in [0.717, 1.165) is 11.3 Å². The number of ketones is 1. The first-order chi connectivity index (χ1) is 13.6. The Kier molecular flexibility index (Phi) is 6.11. The van der Waals surface area contributed by atoms with Crippen molar-refractivity contribution in [3.63, 3.8) is 0 Å². The van der Waals surface area contributed by atoms with Crippen LogP contribution in [0.25, 0.3) is 0 Å². The number of aryl methyl sites for hydroxylation is 1. The molecule has 1 aromatic heterocycles. The summed E-state index contributed by atoms with van der Waals surface area (Å²) in [6, 6.07) is 17.5. The Bertz CT molecular complexity index is 916. The molecular formula is C22H22N2O4. The molecule has 0 radical (unpaired) electrons. The van der Waals surface area contributed by atoms with Gasteiger partial charge in [0.05, 0.1) is 12.9 Å². The molecule has 3 aromatic rings. The van der Waals surface area contributed by atoms with E-state index in [-0.39, 0.29) is 11.5 Å². The number of hydrogen-bond donors (Lipinski definition) is 2. The van der Waals surface area contributed by atoms with Crippen LogP contribution in [0.2, 0.25) is 0 Å². The molecule has 0 spiro atoms. The lowest BCUT2D eigenvalue weighted by Crippen LogP contribution is -2.46. The van der Waals surface area contributed by atoms with Gasteiger partial charge in [0.15, 0.2) is 11.9 Å². The lowest BCUT2D eigenvalue weighted by atomic mass is 10.1. The summed E-state index contributed by atoms with van der Waals surface area (Å²) in [6.07, 6.45) is 0.448. The smallest absolute Gasteiger partial charge is 0.288 e. The molecule has 6 heteroatoms. The molecule has 0 aliphatic rings. The lowest BCUT2D eigenvalue weighted by molar-refractivity contribution is 0.0853. The van der Waals surface area contributed by atoms with Crippen molar-refractivity contribution in [2.24, 2.45) is 0 Å². The van der Waals surface area contributed by atoms with Crippen molar-refractivity contribution < 1.29 is 18.7 Å². The maximum absolute atomic E-state index is 13.0. The molecule has 0 fully saturated rings. The highest BCUT2D eigenvalue weighted by molar-refractivity contribution is 6.04. The van der Waals surface area contributed by atoms with Gasteiger partial charge in [0.1, 0.15) is 5.75 Å². The van der Waals surface area contributed by atoms with Gasteiger partial charge in [-0.3, -0.25) is 9.59 Å². The van der Waals surface area contributed by atoms with E-state index in [0.29, 0.717) is 17.9 Å². The molecule has 1 heterocycles. The van der Waals surface area contributed by atoms with Crippen molar-refractivity contribution in [3.8, 4) is 5.75 Å². The molecule has 144 valence electrons. The summed E-state index contributed by atoms with van der Waals surface area (Å²) in [5, 5.41) is 5.77. The predicted octanol–water partition coefficient (Wildman–Crippen LogP) is 4.04. The number of carbonyl (C=O) groups excluding carboxylic acids is 2. The molecule has 1 amide bonds. The first-order valence-corrected chi connectivity index (χ1v) is 9.01. The molecule has 0 saturated heterocycles. The summed E-state index contributed by atoms with van der Waals surface area (Å²) in [5.74, 6) is 0.131. The summed E-state index contributed by atoms with van der Waals surface area (Å²) < 4.78 is 10.6.